The number of hydrogen-bond acceptors (Lipinski definition) is 3. The molecule has 16 heavy (non-hydrogen) atoms. The van der Waals surface area contributed by atoms with Crippen molar-refractivity contribution in [2.24, 2.45) is 0 Å². The number of carbonyl (C=O) groups is 1. The van der Waals surface area contributed by atoms with Crippen LogP contribution in [0.3, 0.4) is 0 Å². The van der Waals surface area contributed by atoms with E-state index in [9.17, 15) is 4.79 Å². The molecule has 0 aromatic heterocycles. The first-order chi connectivity index (χ1) is 7.75. The third kappa shape index (κ3) is 3.09. The van der Waals surface area contributed by atoms with Crippen molar-refractivity contribution in [3.8, 4) is 0 Å². The van der Waals surface area contributed by atoms with Crippen molar-refractivity contribution in [1.82, 2.24) is 20.9 Å². The molecule has 0 bridgehead atoms. The third-order valence-electron chi connectivity index (χ3n) is 3.49. The first kappa shape index (κ1) is 11.7. The lowest BCUT2D eigenvalue weighted by molar-refractivity contribution is 0.210. The highest BCUT2D eigenvalue weighted by Crippen LogP contribution is 2.11. The molecule has 0 aliphatic carbocycles. The number of rotatable bonds is 2. The van der Waals surface area contributed by atoms with Gasteiger partial charge in [0.1, 0.15) is 0 Å². The average molecular weight is 226 g/mol. The van der Waals surface area contributed by atoms with Gasteiger partial charge in [0.2, 0.25) is 0 Å². The monoisotopic (exact) mass is 226 g/mol. The number of likely N-dealkylation sites (tertiary alicyclic amines) is 1. The summed E-state index contributed by atoms with van der Waals surface area (Å²) in [5.74, 6) is 0. The molecule has 0 spiro atoms. The SMILES string of the molecule is CN1CCCC1NC(=O)NC1CCNCC1. The van der Waals surface area contributed by atoms with E-state index < -0.39 is 0 Å². The Morgan fingerprint density at radius 3 is 2.62 bits per heavy atom. The van der Waals surface area contributed by atoms with Gasteiger partial charge in [0.15, 0.2) is 0 Å². The number of hydrogen-bond donors (Lipinski definition) is 3. The molecule has 2 aliphatic rings. The van der Waals surface area contributed by atoms with Crippen molar-refractivity contribution in [3.05, 3.63) is 0 Å². The van der Waals surface area contributed by atoms with E-state index in [-0.39, 0.29) is 12.2 Å². The highest BCUT2D eigenvalue weighted by atomic mass is 16.2. The van der Waals surface area contributed by atoms with Crippen LogP contribution in [0.25, 0.3) is 0 Å². The van der Waals surface area contributed by atoms with E-state index >= 15 is 0 Å². The molecule has 5 nitrogen and oxygen atoms in total. The summed E-state index contributed by atoms with van der Waals surface area (Å²) in [6, 6.07) is 0.332. The molecule has 2 saturated heterocycles. The molecule has 0 aromatic rings. The van der Waals surface area contributed by atoms with E-state index in [1.807, 2.05) is 0 Å². The maximum Gasteiger partial charge on any atom is 0.316 e. The minimum absolute atomic E-state index is 0.00866. The van der Waals surface area contributed by atoms with Gasteiger partial charge in [0.05, 0.1) is 6.17 Å². The number of carbonyl (C=O) groups excluding carboxylic acids is 1. The van der Waals surface area contributed by atoms with Crippen LogP contribution >= 0.6 is 0 Å². The Bertz CT molecular complexity index is 240. The van der Waals surface area contributed by atoms with Crippen LogP contribution in [0, 0.1) is 0 Å². The number of urea groups is 1. The van der Waals surface area contributed by atoms with E-state index in [0.29, 0.717) is 6.04 Å². The molecule has 0 saturated carbocycles. The van der Waals surface area contributed by atoms with Crippen molar-refractivity contribution < 1.29 is 4.79 Å². The molecular weight excluding hydrogens is 204 g/mol. The lowest BCUT2D eigenvalue weighted by atomic mass is 10.1. The van der Waals surface area contributed by atoms with Crippen molar-refractivity contribution in [2.75, 3.05) is 26.7 Å². The highest BCUT2D eigenvalue weighted by molar-refractivity contribution is 5.74. The fourth-order valence-electron chi connectivity index (χ4n) is 2.44. The Balaban J connectivity index is 1.70. The van der Waals surface area contributed by atoms with Gasteiger partial charge in [-0.05, 0) is 52.4 Å². The van der Waals surface area contributed by atoms with Crippen molar-refractivity contribution >= 4 is 6.03 Å². The molecule has 5 heteroatoms. The lowest BCUT2D eigenvalue weighted by Crippen LogP contribution is -2.51. The second-order valence-corrected chi connectivity index (χ2v) is 4.78. The second kappa shape index (κ2) is 5.50. The smallest absolute Gasteiger partial charge is 0.316 e. The van der Waals surface area contributed by atoms with Gasteiger partial charge in [0, 0.05) is 6.04 Å². The van der Waals surface area contributed by atoms with Crippen LogP contribution in [-0.4, -0.2) is 49.8 Å². The van der Waals surface area contributed by atoms with E-state index in [1.54, 1.807) is 0 Å². The summed E-state index contributed by atoms with van der Waals surface area (Å²) in [6.07, 6.45) is 4.54. The molecule has 1 unspecified atom stereocenters. The summed E-state index contributed by atoms with van der Waals surface area (Å²) in [6.45, 7) is 3.10. The summed E-state index contributed by atoms with van der Waals surface area (Å²) in [5, 5.41) is 9.37. The molecule has 2 fully saturated rings. The lowest BCUT2D eigenvalue weighted by Gasteiger charge is -2.26. The van der Waals surface area contributed by atoms with Crippen LogP contribution in [0.4, 0.5) is 4.79 Å². The van der Waals surface area contributed by atoms with Crippen molar-refractivity contribution in [3.63, 3.8) is 0 Å². The minimum atomic E-state index is -0.00866. The molecule has 1 atom stereocenters. The Labute approximate surface area is 96.9 Å². The maximum atomic E-state index is 11.7. The largest absolute Gasteiger partial charge is 0.335 e. The summed E-state index contributed by atoms with van der Waals surface area (Å²) in [5.41, 5.74) is 0. The maximum absolute atomic E-state index is 11.7. The molecule has 2 amide bonds. The van der Waals surface area contributed by atoms with Crippen LogP contribution in [0.15, 0.2) is 0 Å². The quantitative estimate of drug-likeness (QED) is 0.625. The average Bonchev–Trinajstić information content (AvgIpc) is 2.66. The molecule has 2 aliphatic heterocycles. The predicted molar refractivity (Wildman–Crippen MR) is 63.2 cm³/mol. The zero-order chi connectivity index (χ0) is 11.4. The first-order valence-corrected chi connectivity index (χ1v) is 6.23. The van der Waals surface area contributed by atoms with Gasteiger partial charge in [-0.1, -0.05) is 0 Å². The van der Waals surface area contributed by atoms with Gasteiger partial charge in [-0.25, -0.2) is 4.79 Å². The normalized spacial score (nSPS) is 27.9. The fourth-order valence-corrected chi connectivity index (χ4v) is 2.44. The van der Waals surface area contributed by atoms with Crippen LogP contribution in [-0.2, 0) is 0 Å². The molecule has 0 aromatic carbocycles. The number of amides is 2. The molecule has 0 radical (unpaired) electrons. The number of piperidine rings is 1. The van der Waals surface area contributed by atoms with Crippen LogP contribution < -0.4 is 16.0 Å². The topological polar surface area (TPSA) is 56.4 Å². The molecule has 3 N–H and O–H groups in total. The first-order valence-electron chi connectivity index (χ1n) is 6.23. The Morgan fingerprint density at radius 2 is 2.00 bits per heavy atom. The van der Waals surface area contributed by atoms with E-state index in [1.165, 1.54) is 6.42 Å². The molecular formula is C11H22N4O. The third-order valence-corrected chi connectivity index (χ3v) is 3.49. The van der Waals surface area contributed by atoms with Crippen LogP contribution in [0.2, 0.25) is 0 Å². The van der Waals surface area contributed by atoms with Gasteiger partial charge < -0.3 is 16.0 Å². The minimum Gasteiger partial charge on any atom is -0.335 e. The van der Waals surface area contributed by atoms with Crippen molar-refractivity contribution in [2.45, 2.75) is 37.9 Å². The zero-order valence-corrected chi connectivity index (χ0v) is 9.96. The fraction of sp³-hybridized carbons (Fsp3) is 0.909. The van der Waals surface area contributed by atoms with Gasteiger partial charge >= 0.3 is 6.03 Å². The second-order valence-electron chi connectivity index (χ2n) is 4.78. The van der Waals surface area contributed by atoms with E-state index in [4.69, 9.17) is 0 Å². The van der Waals surface area contributed by atoms with Crippen LogP contribution in [0.5, 0.6) is 0 Å². The van der Waals surface area contributed by atoms with Gasteiger partial charge in [-0.2, -0.15) is 0 Å². The van der Waals surface area contributed by atoms with E-state index in [0.717, 1.165) is 38.9 Å². The standard InChI is InChI=1S/C11H22N4O/c1-15-8-2-3-10(15)14-11(16)13-9-4-6-12-7-5-9/h9-10,12H,2-8H2,1H3,(H2,13,14,16). The highest BCUT2D eigenvalue weighted by Gasteiger charge is 2.23. The summed E-state index contributed by atoms with van der Waals surface area (Å²) in [4.78, 5) is 13.9. The van der Waals surface area contributed by atoms with Gasteiger partial charge in [0.25, 0.3) is 0 Å². The Morgan fingerprint density at radius 1 is 1.25 bits per heavy atom. The summed E-state index contributed by atoms with van der Waals surface area (Å²) < 4.78 is 0. The van der Waals surface area contributed by atoms with Gasteiger partial charge in [-0.3, -0.25) is 4.90 Å². The zero-order valence-electron chi connectivity index (χ0n) is 9.96. The molecule has 2 heterocycles. The summed E-state index contributed by atoms with van der Waals surface area (Å²) >= 11 is 0. The van der Waals surface area contributed by atoms with Crippen molar-refractivity contribution in [1.29, 1.82) is 0 Å². The predicted octanol–water partition coefficient (Wildman–Crippen LogP) is 0.0893. The molecule has 2 rings (SSSR count). The number of nitrogens with zero attached hydrogens (tertiary/aromatic N) is 1. The van der Waals surface area contributed by atoms with Gasteiger partial charge in [-0.15, -0.1) is 0 Å². The Kier molecular flexibility index (Phi) is 4.01. The van der Waals surface area contributed by atoms with E-state index in [2.05, 4.69) is 27.9 Å². The molecule has 92 valence electrons. The van der Waals surface area contributed by atoms with Crippen LogP contribution in [0.1, 0.15) is 25.7 Å². The summed E-state index contributed by atoms with van der Waals surface area (Å²) in [7, 11) is 2.06. The number of nitrogens with one attached hydrogen (secondary N) is 3. The Hall–Kier alpha value is -0.810.